The Balaban J connectivity index is 1.86. The number of aromatic nitrogens is 2. The van der Waals surface area contributed by atoms with Crippen LogP contribution in [0.4, 0.5) is 5.69 Å². The van der Waals surface area contributed by atoms with Crippen LogP contribution < -0.4 is 10.9 Å². The van der Waals surface area contributed by atoms with Gasteiger partial charge in [0.05, 0.1) is 24.1 Å². The van der Waals surface area contributed by atoms with Crippen molar-refractivity contribution in [2.45, 2.75) is 11.7 Å². The van der Waals surface area contributed by atoms with E-state index in [0.717, 1.165) is 5.56 Å². The number of rotatable bonds is 6. The van der Waals surface area contributed by atoms with Crippen LogP contribution in [0.5, 0.6) is 0 Å². The van der Waals surface area contributed by atoms with Gasteiger partial charge >= 0.3 is 5.97 Å². The van der Waals surface area contributed by atoms with Crippen LogP contribution in [0.15, 0.2) is 70.6 Å². The summed E-state index contributed by atoms with van der Waals surface area (Å²) in [4.78, 5) is 41.6. The number of thioether (sulfide) groups is 1. The molecule has 0 bridgehead atoms. The number of para-hydroxylation sites is 1. The molecule has 1 aromatic heterocycles. The van der Waals surface area contributed by atoms with Gasteiger partial charge in [-0.3, -0.25) is 14.2 Å². The minimum absolute atomic E-state index is 0.230. The van der Waals surface area contributed by atoms with Crippen molar-refractivity contribution in [2.24, 2.45) is 0 Å². The van der Waals surface area contributed by atoms with Crippen LogP contribution in [0.2, 0.25) is 0 Å². The molecule has 0 aliphatic heterocycles. The zero-order valence-corrected chi connectivity index (χ0v) is 16.7. The van der Waals surface area contributed by atoms with Crippen LogP contribution >= 0.6 is 11.8 Å². The average Bonchev–Trinajstić information content (AvgIpc) is 2.75. The molecule has 0 fully saturated rings. The number of esters is 1. The quantitative estimate of drug-likeness (QED) is 0.382. The highest BCUT2D eigenvalue weighted by atomic mass is 32.2. The first-order valence-corrected chi connectivity index (χ1v) is 9.94. The van der Waals surface area contributed by atoms with Crippen LogP contribution in [0, 0.1) is 0 Å². The lowest BCUT2D eigenvalue weighted by molar-refractivity contribution is -0.116. The maximum atomic E-state index is 12.7. The molecule has 1 amide bonds. The zero-order chi connectivity index (χ0) is 20.8. The largest absolute Gasteiger partial charge is 0.465 e. The Bertz CT molecular complexity index is 1100. The van der Waals surface area contributed by atoms with Gasteiger partial charge in [-0.25, -0.2) is 9.78 Å². The first kappa shape index (κ1) is 20.3. The van der Waals surface area contributed by atoms with Crippen LogP contribution in [0.25, 0.3) is 11.3 Å². The van der Waals surface area contributed by atoms with E-state index in [1.54, 1.807) is 30.5 Å². The van der Waals surface area contributed by atoms with Gasteiger partial charge in [-0.1, -0.05) is 54.2 Å². The van der Waals surface area contributed by atoms with Crippen molar-refractivity contribution in [2.75, 3.05) is 18.7 Å². The zero-order valence-electron chi connectivity index (χ0n) is 15.9. The number of methoxy groups -OCH3 is 1. The molecule has 0 atom stereocenters. The van der Waals surface area contributed by atoms with Gasteiger partial charge in [-0.15, -0.1) is 0 Å². The topological polar surface area (TPSA) is 90.3 Å². The third-order valence-corrected chi connectivity index (χ3v) is 4.81. The second-order valence-electron chi connectivity index (χ2n) is 6.00. The number of nitrogens with one attached hydrogen (secondary N) is 1. The van der Waals surface area contributed by atoms with Gasteiger partial charge in [0.15, 0.2) is 5.16 Å². The van der Waals surface area contributed by atoms with Gasteiger partial charge in [0.25, 0.3) is 5.56 Å². The van der Waals surface area contributed by atoms with Crippen LogP contribution in [-0.2, 0) is 16.1 Å². The van der Waals surface area contributed by atoms with Gasteiger partial charge in [0.2, 0.25) is 5.91 Å². The third kappa shape index (κ3) is 4.72. The summed E-state index contributed by atoms with van der Waals surface area (Å²) in [5.41, 5.74) is 1.59. The van der Waals surface area contributed by atoms with E-state index in [9.17, 15) is 14.4 Å². The van der Waals surface area contributed by atoms with Crippen LogP contribution in [0.1, 0.15) is 10.4 Å². The second-order valence-corrected chi connectivity index (χ2v) is 6.78. The van der Waals surface area contributed by atoms with Gasteiger partial charge < -0.3 is 10.1 Å². The number of amides is 1. The van der Waals surface area contributed by atoms with Crippen molar-refractivity contribution < 1.29 is 14.3 Å². The summed E-state index contributed by atoms with van der Waals surface area (Å²) in [5, 5.41) is 3.09. The van der Waals surface area contributed by atoms with Gasteiger partial charge in [0.1, 0.15) is 6.54 Å². The lowest BCUT2D eigenvalue weighted by Crippen LogP contribution is -2.29. The monoisotopic (exact) mass is 409 g/mol. The predicted molar refractivity (Wildman–Crippen MR) is 112 cm³/mol. The molecule has 0 aliphatic rings. The highest BCUT2D eigenvalue weighted by molar-refractivity contribution is 7.98. The van der Waals surface area contributed by atoms with Crippen molar-refractivity contribution in [3.05, 3.63) is 76.6 Å². The van der Waals surface area contributed by atoms with Crippen molar-refractivity contribution in [3.63, 3.8) is 0 Å². The molecule has 8 heteroatoms. The molecule has 0 radical (unpaired) electrons. The van der Waals surface area contributed by atoms with Crippen LogP contribution in [-0.4, -0.2) is 34.8 Å². The van der Waals surface area contributed by atoms with E-state index in [2.05, 4.69) is 10.3 Å². The highest BCUT2D eigenvalue weighted by Crippen LogP contribution is 2.19. The fraction of sp³-hybridized carbons (Fsp3) is 0.143. The molecule has 0 saturated heterocycles. The highest BCUT2D eigenvalue weighted by Gasteiger charge is 2.16. The van der Waals surface area contributed by atoms with Gasteiger partial charge in [0, 0.05) is 11.6 Å². The Morgan fingerprint density at radius 1 is 1.10 bits per heavy atom. The van der Waals surface area contributed by atoms with E-state index in [0.29, 0.717) is 16.5 Å². The van der Waals surface area contributed by atoms with Gasteiger partial charge in [-0.2, -0.15) is 0 Å². The molecular weight excluding hydrogens is 390 g/mol. The molecule has 0 saturated carbocycles. The molecule has 0 aliphatic carbocycles. The summed E-state index contributed by atoms with van der Waals surface area (Å²) in [6.07, 6.45) is 1.79. The number of hydrogen-bond donors (Lipinski definition) is 1. The first-order valence-electron chi connectivity index (χ1n) is 8.72. The van der Waals surface area contributed by atoms with Crippen molar-refractivity contribution >= 4 is 29.3 Å². The fourth-order valence-electron chi connectivity index (χ4n) is 2.76. The molecule has 1 N–H and O–H groups in total. The molecule has 3 rings (SSSR count). The number of hydrogen-bond acceptors (Lipinski definition) is 6. The van der Waals surface area contributed by atoms with Crippen molar-refractivity contribution in [1.29, 1.82) is 0 Å². The summed E-state index contributed by atoms with van der Waals surface area (Å²) in [7, 11) is 1.27. The maximum Gasteiger partial charge on any atom is 0.339 e. The molecule has 0 spiro atoms. The fourth-order valence-corrected chi connectivity index (χ4v) is 3.32. The standard InChI is InChI=1S/C21H19N3O4S/c1-28-20(27)15-10-6-7-11-16(15)22-18(25)13-24-19(26)12-17(23-21(24)29-2)14-8-4-3-5-9-14/h3-12H,13H2,1-2H3,(H,22,25). The van der Waals surface area contributed by atoms with Gasteiger partial charge in [-0.05, 0) is 18.4 Å². The number of carbonyl (C=O) groups is 2. The lowest BCUT2D eigenvalue weighted by Gasteiger charge is -2.13. The molecule has 29 heavy (non-hydrogen) atoms. The SMILES string of the molecule is COC(=O)c1ccccc1NC(=O)Cn1c(SC)nc(-c2ccccc2)cc1=O. The Hall–Kier alpha value is -3.39. The van der Waals surface area contributed by atoms with E-state index in [1.165, 1.54) is 29.5 Å². The summed E-state index contributed by atoms with van der Waals surface area (Å²) in [5.74, 6) is -1.01. The number of carbonyl (C=O) groups excluding carboxylic acids is 2. The molecule has 2 aromatic carbocycles. The summed E-state index contributed by atoms with van der Waals surface area (Å²) in [6, 6.07) is 17.3. The lowest BCUT2D eigenvalue weighted by atomic mass is 10.1. The summed E-state index contributed by atoms with van der Waals surface area (Å²) >= 11 is 1.28. The van der Waals surface area contributed by atoms with E-state index in [4.69, 9.17) is 4.74 Å². The normalized spacial score (nSPS) is 10.4. The summed E-state index contributed by atoms with van der Waals surface area (Å²) in [6.45, 7) is -0.230. The predicted octanol–water partition coefficient (Wildman–Crippen LogP) is 3.06. The molecule has 3 aromatic rings. The van der Waals surface area contributed by atoms with Crippen molar-refractivity contribution in [1.82, 2.24) is 9.55 Å². The third-order valence-electron chi connectivity index (χ3n) is 4.13. The average molecular weight is 409 g/mol. The smallest absolute Gasteiger partial charge is 0.339 e. The minimum Gasteiger partial charge on any atom is -0.465 e. The Morgan fingerprint density at radius 2 is 1.79 bits per heavy atom. The number of benzene rings is 2. The summed E-state index contributed by atoms with van der Waals surface area (Å²) < 4.78 is 6.03. The number of anilines is 1. The first-order chi connectivity index (χ1) is 14.0. The molecule has 7 nitrogen and oxygen atoms in total. The molecule has 1 heterocycles. The number of ether oxygens (including phenoxy) is 1. The molecule has 0 unspecified atom stereocenters. The second kappa shape index (κ2) is 9.20. The van der Waals surface area contributed by atoms with Crippen LogP contribution in [0.3, 0.4) is 0 Å². The maximum absolute atomic E-state index is 12.7. The van der Waals surface area contributed by atoms with E-state index in [-0.39, 0.29) is 17.7 Å². The Labute approximate surface area is 171 Å². The van der Waals surface area contributed by atoms with Crippen molar-refractivity contribution in [3.8, 4) is 11.3 Å². The minimum atomic E-state index is -0.559. The van der Waals surface area contributed by atoms with E-state index in [1.807, 2.05) is 30.3 Å². The molecule has 148 valence electrons. The number of nitrogens with zero attached hydrogens (tertiary/aromatic N) is 2. The molecular formula is C21H19N3O4S. The van der Waals surface area contributed by atoms with E-state index >= 15 is 0 Å². The van der Waals surface area contributed by atoms with E-state index < -0.39 is 11.9 Å². The Kier molecular flexibility index (Phi) is 6.46. The Morgan fingerprint density at radius 3 is 2.48 bits per heavy atom.